The second-order valence-corrected chi connectivity index (χ2v) is 6.67. The number of pyridine rings is 2. The fraction of sp³-hybridized carbons (Fsp3) is 0.0909. The summed E-state index contributed by atoms with van der Waals surface area (Å²) in [6.45, 7) is 1.86. The van der Waals surface area contributed by atoms with Gasteiger partial charge in [0.25, 0.3) is 5.91 Å². The highest BCUT2D eigenvalue weighted by Gasteiger charge is 2.44. The molecular weight excluding hydrogens is 354 g/mol. The first-order valence-corrected chi connectivity index (χ1v) is 8.88. The van der Waals surface area contributed by atoms with Crippen molar-refractivity contribution < 1.29 is 9.21 Å². The lowest BCUT2D eigenvalue weighted by molar-refractivity contribution is 0.0970. The van der Waals surface area contributed by atoms with Crippen LogP contribution in [-0.2, 0) is 0 Å². The fourth-order valence-corrected chi connectivity index (χ4v) is 3.67. The van der Waals surface area contributed by atoms with E-state index in [0.29, 0.717) is 22.4 Å². The van der Waals surface area contributed by atoms with Gasteiger partial charge in [-0.2, -0.15) is 0 Å². The molecule has 4 heterocycles. The Morgan fingerprint density at radius 2 is 1.86 bits per heavy atom. The van der Waals surface area contributed by atoms with Gasteiger partial charge in [-0.25, -0.2) is 4.98 Å². The monoisotopic (exact) mass is 369 g/mol. The zero-order chi connectivity index (χ0) is 19.3. The SMILES string of the molecule is Cc1cccc(N2C(=O)c3oc4ccccc4c(=O)c3[C@@H]2c2cccnc2)n1. The molecule has 0 fully saturated rings. The van der Waals surface area contributed by atoms with Gasteiger partial charge in [-0.05, 0) is 42.8 Å². The smallest absolute Gasteiger partial charge is 0.296 e. The van der Waals surface area contributed by atoms with Gasteiger partial charge in [-0.3, -0.25) is 19.5 Å². The third-order valence-corrected chi connectivity index (χ3v) is 4.90. The van der Waals surface area contributed by atoms with Crippen LogP contribution in [0.5, 0.6) is 0 Å². The molecule has 4 aromatic rings. The van der Waals surface area contributed by atoms with E-state index in [1.54, 1.807) is 48.8 Å². The van der Waals surface area contributed by atoms with Gasteiger partial charge in [0.15, 0.2) is 5.43 Å². The lowest BCUT2D eigenvalue weighted by Crippen LogP contribution is -2.30. The van der Waals surface area contributed by atoms with Gasteiger partial charge in [0, 0.05) is 18.1 Å². The number of para-hydroxylation sites is 1. The molecule has 5 rings (SSSR count). The maximum absolute atomic E-state index is 13.3. The maximum atomic E-state index is 13.3. The molecule has 1 amide bonds. The molecule has 1 atom stereocenters. The fourth-order valence-electron chi connectivity index (χ4n) is 3.67. The molecular formula is C22H15N3O3. The summed E-state index contributed by atoms with van der Waals surface area (Å²) in [5.41, 5.74) is 1.99. The highest BCUT2D eigenvalue weighted by Crippen LogP contribution is 2.40. The van der Waals surface area contributed by atoms with Crippen LogP contribution in [0, 0.1) is 6.92 Å². The molecule has 0 saturated carbocycles. The van der Waals surface area contributed by atoms with Crippen molar-refractivity contribution in [3.05, 3.63) is 99.8 Å². The molecule has 0 aliphatic carbocycles. The molecule has 0 N–H and O–H groups in total. The third-order valence-electron chi connectivity index (χ3n) is 4.90. The maximum Gasteiger partial charge on any atom is 0.296 e. The van der Waals surface area contributed by atoms with Crippen molar-refractivity contribution in [2.75, 3.05) is 4.90 Å². The second kappa shape index (κ2) is 6.13. The van der Waals surface area contributed by atoms with E-state index in [2.05, 4.69) is 9.97 Å². The zero-order valence-electron chi connectivity index (χ0n) is 15.0. The summed E-state index contributed by atoms with van der Waals surface area (Å²) in [5, 5.41) is 0.446. The average molecular weight is 369 g/mol. The highest BCUT2D eigenvalue weighted by atomic mass is 16.3. The topological polar surface area (TPSA) is 76.3 Å². The number of aryl methyl sites for hydroxylation is 1. The number of rotatable bonds is 2. The van der Waals surface area contributed by atoms with Crippen molar-refractivity contribution in [1.82, 2.24) is 9.97 Å². The van der Waals surface area contributed by atoms with E-state index in [1.807, 2.05) is 25.1 Å². The van der Waals surface area contributed by atoms with Gasteiger partial charge >= 0.3 is 0 Å². The number of aromatic nitrogens is 2. The van der Waals surface area contributed by atoms with E-state index in [4.69, 9.17) is 4.42 Å². The predicted octanol–water partition coefficient (Wildman–Crippen LogP) is 3.64. The third kappa shape index (κ3) is 2.35. The molecule has 3 aromatic heterocycles. The first-order valence-electron chi connectivity index (χ1n) is 8.88. The minimum Gasteiger partial charge on any atom is -0.450 e. The number of nitrogens with zero attached hydrogens (tertiary/aromatic N) is 3. The van der Waals surface area contributed by atoms with Crippen LogP contribution in [0.15, 0.2) is 76.2 Å². The molecule has 1 aromatic carbocycles. The van der Waals surface area contributed by atoms with Crippen LogP contribution in [0.2, 0.25) is 0 Å². The number of hydrogen-bond acceptors (Lipinski definition) is 5. The van der Waals surface area contributed by atoms with E-state index in [9.17, 15) is 9.59 Å². The van der Waals surface area contributed by atoms with Gasteiger partial charge in [-0.15, -0.1) is 0 Å². The van der Waals surface area contributed by atoms with E-state index in [1.165, 1.54) is 4.90 Å². The average Bonchev–Trinajstić information content (AvgIpc) is 3.02. The van der Waals surface area contributed by atoms with Crippen molar-refractivity contribution in [3.8, 4) is 0 Å². The first-order chi connectivity index (χ1) is 13.6. The molecule has 0 bridgehead atoms. The molecule has 0 saturated heterocycles. The number of anilines is 1. The first kappa shape index (κ1) is 16.4. The number of carbonyl (C=O) groups is 1. The quantitative estimate of drug-likeness (QED) is 0.539. The van der Waals surface area contributed by atoms with Crippen molar-refractivity contribution >= 4 is 22.7 Å². The minimum atomic E-state index is -0.647. The Labute approximate surface area is 160 Å². The van der Waals surface area contributed by atoms with Gasteiger partial charge in [0.2, 0.25) is 5.76 Å². The van der Waals surface area contributed by atoms with Crippen LogP contribution in [0.25, 0.3) is 11.0 Å². The summed E-state index contributed by atoms with van der Waals surface area (Å²) in [4.78, 5) is 36.8. The molecule has 0 unspecified atom stereocenters. The Hall–Kier alpha value is -3.80. The Morgan fingerprint density at radius 3 is 2.64 bits per heavy atom. The number of hydrogen-bond donors (Lipinski definition) is 0. The standard InChI is InChI=1S/C22H15N3O3/c1-13-6-4-10-17(24-13)25-19(14-7-5-11-23-12-14)18-20(26)15-8-2-3-9-16(15)28-21(18)22(25)27/h2-12,19H,1H3/t19-/m0/s1. The van der Waals surface area contributed by atoms with E-state index in [-0.39, 0.29) is 17.1 Å². The van der Waals surface area contributed by atoms with Crippen LogP contribution in [0.4, 0.5) is 5.82 Å². The summed E-state index contributed by atoms with van der Waals surface area (Å²) >= 11 is 0. The predicted molar refractivity (Wildman–Crippen MR) is 104 cm³/mol. The molecule has 28 heavy (non-hydrogen) atoms. The van der Waals surface area contributed by atoms with Crippen LogP contribution in [0.3, 0.4) is 0 Å². The molecule has 1 aliphatic heterocycles. The second-order valence-electron chi connectivity index (χ2n) is 6.67. The lowest BCUT2D eigenvalue weighted by Gasteiger charge is -2.24. The van der Waals surface area contributed by atoms with E-state index in [0.717, 1.165) is 11.3 Å². The van der Waals surface area contributed by atoms with Gasteiger partial charge < -0.3 is 4.42 Å². The molecule has 136 valence electrons. The van der Waals surface area contributed by atoms with Gasteiger partial charge in [-0.1, -0.05) is 24.3 Å². The van der Waals surface area contributed by atoms with Crippen LogP contribution in [-0.4, -0.2) is 15.9 Å². The summed E-state index contributed by atoms with van der Waals surface area (Å²) < 4.78 is 5.89. The van der Waals surface area contributed by atoms with Crippen LogP contribution >= 0.6 is 0 Å². The number of fused-ring (bicyclic) bond motifs is 2. The summed E-state index contributed by atoms with van der Waals surface area (Å²) in [6, 6.07) is 15.4. The van der Waals surface area contributed by atoms with Crippen molar-refractivity contribution in [1.29, 1.82) is 0 Å². The van der Waals surface area contributed by atoms with E-state index < -0.39 is 6.04 Å². The normalized spacial score (nSPS) is 15.8. The molecule has 6 nitrogen and oxygen atoms in total. The highest BCUT2D eigenvalue weighted by molar-refractivity contribution is 6.10. The molecule has 0 spiro atoms. The summed E-state index contributed by atoms with van der Waals surface area (Å²) in [5.74, 6) is 0.138. The summed E-state index contributed by atoms with van der Waals surface area (Å²) in [7, 11) is 0. The van der Waals surface area contributed by atoms with Crippen molar-refractivity contribution in [2.24, 2.45) is 0 Å². The minimum absolute atomic E-state index is 0.0564. The van der Waals surface area contributed by atoms with Crippen molar-refractivity contribution in [2.45, 2.75) is 13.0 Å². The van der Waals surface area contributed by atoms with E-state index >= 15 is 0 Å². The number of amides is 1. The largest absolute Gasteiger partial charge is 0.450 e. The Morgan fingerprint density at radius 1 is 1.00 bits per heavy atom. The Balaban J connectivity index is 1.83. The number of benzene rings is 1. The Bertz CT molecular complexity index is 1280. The molecule has 1 aliphatic rings. The van der Waals surface area contributed by atoms with Gasteiger partial charge in [0.1, 0.15) is 11.4 Å². The molecule has 6 heteroatoms. The van der Waals surface area contributed by atoms with Gasteiger partial charge in [0.05, 0.1) is 17.0 Å². The zero-order valence-corrected chi connectivity index (χ0v) is 15.0. The molecule has 0 radical (unpaired) electrons. The lowest BCUT2D eigenvalue weighted by atomic mass is 10.00. The van der Waals surface area contributed by atoms with Crippen LogP contribution < -0.4 is 10.3 Å². The summed E-state index contributed by atoms with van der Waals surface area (Å²) in [6.07, 6.45) is 3.31. The number of carbonyl (C=O) groups excluding carboxylic acids is 1. The van der Waals surface area contributed by atoms with Crippen LogP contribution in [0.1, 0.15) is 33.4 Å². The Kier molecular flexibility index (Phi) is 3.58. The van der Waals surface area contributed by atoms with Crippen molar-refractivity contribution in [3.63, 3.8) is 0 Å².